The van der Waals surface area contributed by atoms with E-state index < -0.39 is 11.8 Å². The first-order valence-corrected chi connectivity index (χ1v) is 10.3. The molecular weight excluding hydrogens is 331 g/mol. The summed E-state index contributed by atoms with van der Waals surface area (Å²) in [5.74, 6) is 3.09. The van der Waals surface area contributed by atoms with Crippen LogP contribution in [0.5, 0.6) is 5.75 Å². The second-order valence-corrected chi connectivity index (χ2v) is 9.20. The van der Waals surface area contributed by atoms with Crippen molar-refractivity contribution in [2.24, 2.45) is 29.6 Å². The summed E-state index contributed by atoms with van der Waals surface area (Å²) in [5.41, 5.74) is 0.660. The van der Waals surface area contributed by atoms with Gasteiger partial charge in [-0.15, -0.1) is 0 Å². The van der Waals surface area contributed by atoms with Gasteiger partial charge in [0.1, 0.15) is 11.6 Å². The molecule has 5 rings (SSSR count). The second-order valence-electron chi connectivity index (χ2n) is 9.20. The number of benzene rings is 1. The summed E-state index contributed by atoms with van der Waals surface area (Å²) in [6.07, 6.45) is 10.3. The molecule has 4 saturated carbocycles. The number of carboxylic acid groups (broad SMARTS) is 1. The maximum absolute atomic E-state index is 14.2. The fourth-order valence-corrected chi connectivity index (χ4v) is 6.24. The summed E-state index contributed by atoms with van der Waals surface area (Å²) in [7, 11) is 0. The molecule has 4 aliphatic rings. The van der Waals surface area contributed by atoms with E-state index in [1.165, 1.54) is 50.7 Å². The molecular formula is C22H27FO3. The lowest BCUT2D eigenvalue weighted by Crippen LogP contribution is -2.44. The number of carbonyl (C=O) groups is 1. The van der Waals surface area contributed by atoms with Gasteiger partial charge in [-0.25, -0.2) is 9.18 Å². The van der Waals surface area contributed by atoms with Crippen molar-refractivity contribution < 1.29 is 19.0 Å². The van der Waals surface area contributed by atoms with Gasteiger partial charge in [0.2, 0.25) is 0 Å². The van der Waals surface area contributed by atoms with Crippen LogP contribution in [0.15, 0.2) is 12.1 Å². The highest BCUT2D eigenvalue weighted by atomic mass is 19.1. The Morgan fingerprint density at radius 1 is 1.08 bits per heavy atom. The normalized spacial score (nSPS) is 35.3. The highest BCUT2D eigenvalue weighted by molar-refractivity contribution is 5.88. The Morgan fingerprint density at radius 3 is 2.65 bits per heavy atom. The number of carboxylic acids is 1. The van der Waals surface area contributed by atoms with Crippen LogP contribution in [0.2, 0.25) is 0 Å². The summed E-state index contributed by atoms with van der Waals surface area (Å²) >= 11 is 0. The Balaban J connectivity index is 1.35. The molecule has 4 heteroatoms. The molecule has 5 atom stereocenters. The highest BCUT2D eigenvalue weighted by Crippen LogP contribution is 2.54. The zero-order valence-corrected chi connectivity index (χ0v) is 15.1. The minimum atomic E-state index is -1.20. The van der Waals surface area contributed by atoms with Crippen LogP contribution in [0.1, 0.15) is 73.2 Å². The van der Waals surface area contributed by atoms with Crippen LogP contribution in [-0.2, 0) is 0 Å². The monoisotopic (exact) mass is 358 g/mol. The van der Waals surface area contributed by atoms with Gasteiger partial charge in [0.25, 0.3) is 0 Å². The van der Waals surface area contributed by atoms with E-state index in [1.807, 2.05) is 0 Å². The highest BCUT2D eigenvalue weighted by Gasteiger charge is 2.45. The Bertz CT molecular complexity index is 720. The van der Waals surface area contributed by atoms with Crippen LogP contribution in [-0.4, -0.2) is 17.7 Å². The maximum atomic E-state index is 14.2. The summed E-state index contributed by atoms with van der Waals surface area (Å²) in [4.78, 5) is 11.3. The van der Waals surface area contributed by atoms with E-state index in [1.54, 1.807) is 0 Å². The molecule has 26 heavy (non-hydrogen) atoms. The third-order valence-corrected chi connectivity index (χ3v) is 7.49. The Morgan fingerprint density at radius 2 is 1.88 bits per heavy atom. The van der Waals surface area contributed by atoms with Gasteiger partial charge in [0.05, 0.1) is 12.2 Å². The number of hydrogen-bond acceptors (Lipinski definition) is 2. The van der Waals surface area contributed by atoms with Gasteiger partial charge in [-0.2, -0.15) is 0 Å². The maximum Gasteiger partial charge on any atom is 0.338 e. The van der Waals surface area contributed by atoms with Crippen LogP contribution in [0, 0.1) is 35.4 Å². The molecule has 3 bridgehead atoms. The van der Waals surface area contributed by atoms with Crippen molar-refractivity contribution in [3.63, 3.8) is 0 Å². The van der Waals surface area contributed by atoms with Crippen molar-refractivity contribution in [3.8, 4) is 5.75 Å². The third-order valence-electron chi connectivity index (χ3n) is 7.49. The van der Waals surface area contributed by atoms with E-state index >= 15 is 0 Å². The predicted octanol–water partition coefficient (Wildman–Crippen LogP) is 5.24. The molecule has 0 aliphatic heterocycles. The summed E-state index contributed by atoms with van der Waals surface area (Å²) in [5, 5.41) is 9.20. The SMILES string of the molecule is O=C(O)c1cc(C2CC2)c(OCC2CC3CC4CCC2C(C4)C3)cc1F. The zero-order chi connectivity index (χ0) is 17.8. The number of aromatic carboxylic acids is 1. The van der Waals surface area contributed by atoms with E-state index in [0.717, 1.165) is 42.1 Å². The molecule has 3 nitrogen and oxygen atoms in total. The third kappa shape index (κ3) is 2.91. The molecule has 5 unspecified atom stereocenters. The van der Waals surface area contributed by atoms with Crippen molar-refractivity contribution in [1.82, 2.24) is 0 Å². The Labute approximate surface area is 153 Å². The van der Waals surface area contributed by atoms with Crippen LogP contribution in [0.3, 0.4) is 0 Å². The molecule has 4 aliphatic carbocycles. The number of hydrogen-bond donors (Lipinski definition) is 1. The molecule has 0 spiro atoms. The van der Waals surface area contributed by atoms with E-state index in [-0.39, 0.29) is 5.56 Å². The van der Waals surface area contributed by atoms with Gasteiger partial charge >= 0.3 is 5.97 Å². The largest absolute Gasteiger partial charge is 0.493 e. The van der Waals surface area contributed by atoms with E-state index in [0.29, 0.717) is 24.2 Å². The molecule has 1 aromatic carbocycles. The average Bonchev–Trinajstić information content (AvgIpc) is 3.42. The fourth-order valence-electron chi connectivity index (χ4n) is 6.24. The molecule has 0 amide bonds. The Hall–Kier alpha value is -1.58. The molecule has 0 aromatic heterocycles. The second kappa shape index (κ2) is 6.24. The van der Waals surface area contributed by atoms with Crippen LogP contribution in [0.4, 0.5) is 4.39 Å². The van der Waals surface area contributed by atoms with E-state index in [9.17, 15) is 14.3 Å². The molecule has 0 radical (unpaired) electrons. The molecule has 1 N–H and O–H groups in total. The first kappa shape index (κ1) is 16.6. The number of rotatable bonds is 5. The summed E-state index contributed by atoms with van der Waals surface area (Å²) in [6.45, 7) is 0.661. The predicted molar refractivity (Wildman–Crippen MR) is 96.0 cm³/mol. The lowest BCUT2D eigenvalue weighted by atomic mass is 9.54. The van der Waals surface area contributed by atoms with Gasteiger partial charge in [0.15, 0.2) is 0 Å². The number of fused-ring (bicyclic) bond motifs is 2. The van der Waals surface area contributed by atoms with Gasteiger partial charge in [-0.05, 0) is 92.1 Å². The first-order chi connectivity index (χ1) is 12.6. The molecule has 4 fully saturated rings. The average molecular weight is 358 g/mol. The van der Waals surface area contributed by atoms with E-state index in [2.05, 4.69) is 0 Å². The number of halogens is 1. The van der Waals surface area contributed by atoms with Crippen LogP contribution < -0.4 is 4.74 Å². The Kier molecular flexibility index (Phi) is 3.98. The minimum Gasteiger partial charge on any atom is -0.493 e. The lowest BCUT2D eigenvalue weighted by Gasteiger charge is -2.52. The molecule has 140 valence electrons. The van der Waals surface area contributed by atoms with Crippen molar-refractivity contribution in [1.29, 1.82) is 0 Å². The zero-order valence-electron chi connectivity index (χ0n) is 15.1. The quantitative estimate of drug-likeness (QED) is 0.783. The first-order valence-electron chi connectivity index (χ1n) is 10.3. The van der Waals surface area contributed by atoms with Gasteiger partial charge < -0.3 is 9.84 Å². The smallest absolute Gasteiger partial charge is 0.338 e. The fraction of sp³-hybridized carbons (Fsp3) is 0.682. The summed E-state index contributed by atoms with van der Waals surface area (Å²) in [6, 6.07) is 2.82. The lowest BCUT2D eigenvalue weighted by molar-refractivity contribution is -0.0261. The van der Waals surface area contributed by atoms with E-state index in [4.69, 9.17) is 4.74 Å². The van der Waals surface area contributed by atoms with Gasteiger partial charge in [0, 0.05) is 6.07 Å². The molecule has 1 aromatic rings. The van der Waals surface area contributed by atoms with Crippen molar-refractivity contribution in [2.45, 2.75) is 57.3 Å². The van der Waals surface area contributed by atoms with Gasteiger partial charge in [-0.3, -0.25) is 0 Å². The molecule has 0 saturated heterocycles. The minimum absolute atomic E-state index is 0.232. The van der Waals surface area contributed by atoms with Crippen LogP contribution >= 0.6 is 0 Å². The molecule has 0 heterocycles. The summed E-state index contributed by atoms with van der Waals surface area (Å²) < 4.78 is 20.4. The van der Waals surface area contributed by atoms with Crippen molar-refractivity contribution >= 4 is 5.97 Å². The van der Waals surface area contributed by atoms with Gasteiger partial charge in [-0.1, -0.05) is 6.42 Å². The van der Waals surface area contributed by atoms with Crippen molar-refractivity contribution in [2.75, 3.05) is 6.61 Å². The standard InChI is InChI=1S/C22H27FO3/c23-20-10-21(18(14-2-3-14)9-19(20)22(24)25)26-11-16-8-13-5-12-1-4-17(16)15(6-12)7-13/h9-10,12-17H,1-8,11H2,(H,24,25). The topological polar surface area (TPSA) is 46.5 Å². The number of ether oxygens (including phenoxy) is 1. The van der Waals surface area contributed by atoms with Crippen LogP contribution in [0.25, 0.3) is 0 Å². The van der Waals surface area contributed by atoms with Crippen molar-refractivity contribution in [3.05, 3.63) is 29.1 Å².